The third-order valence-electron chi connectivity index (χ3n) is 4.15. The molecule has 0 aromatic heterocycles. The minimum atomic E-state index is 0.0344. The van der Waals surface area contributed by atoms with Gasteiger partial charge in [-0.1, -0.05) is 30.0 Å². The number of rotatable bonds is 4. The summed E-state index contributed by atoms with van der Waals surface area (Å²) >= 11 is 1.57. The zero-order valence-electron chi connectivity index (χ0n) is 11.5. The Balaban J connectivity index is 1.47. The number of benzene rings is 1. The Hall–Kier alpha value is -1.26. The molecule has 20 heavy (non-hydrogen) atoms. The highest BCUT2D eigenvalue weighted by Gasteiger charge is 2.34. The van der Waals surface area contributed by atoms with Crippen LogP contribution in [0.5, 0.6) is 0 Å². The summed E-state index contributed by atoms with van der Waals surface area (Å²) in [5.41, 5.74) is 0. The van der Waals surface area contributed by atoms with Gasteiger partial charge in [0.2, 0.25) is 5.91 Å². The van der Waals surface area contributed by atoms with Gasteiger partial charge < -0.3 is 10.2 Å². The van der Waals surface area contributed by atoms with Gasteiger partial charge in [-0.05, 0) is 49.4 Å². The van der Waals surface area contributed by atoms with Crippen LogP contribution in [0.2, 0.25) is 0 Å². The summed E-state index contributed by atoms with van der Waals surface area (Å²) in [6.45, 7) is 3.43. The van der Waals surface area contributed by atoms with Crippen LogP contribution in [0.3, 0.4) is 0 Å². The van der Waals surface area contributed by atoms with Crippen molar-refractivity contribution >= 4 is 17.7 Å². The number of nitrogens with zero attached hydrogens (tertiary/aromatic N) is 1. The number of amides is 1. The minimum absolute atomic E-state index is 0.0344. The molecule has 3 aliphatic rings. The molecule has 1 aromatic rings. The summed E-state index contributed by atoms with van der Waals surface area (Å²) in [6, 6.07) is 10.4. The zero-order chi connectivity index (χ0) is 13.8. The van der Waals surface area contributed by atoms with Gasteiger partial charge >= 0.3 is 0 Å². The summed E-state index contributed by atoms with van der Waals surface area (Å²) in [5, 5.41) is 5.02. The van der Waals surface area contributed by atoms with Crippen molar-refractivity contribution in [3.8, 4) is 0 Å². The van der Waals surface area contributed by atoms with Crippen molar-refractivity contribution in [2.75, 3.05) is 19.6 Å². The summed E-state index contributed by atoms with van der Waals surface area (Å²) < 4.78 is 0. The second-order valence-corrected chi connectivity index (χ2v) is 6.47. The average Bonchev–Trinajstić information content (AvgIpc) is 2.49. The van der Waals surface area contributed by atoms with Crippen LogP contribution in [0.4, 0.5) is 0 Å². The smallest absolute Gasteiger partial charge is 0.244 e. The van der Waals surface area contributed by atoms with E-state index in [1.165, 1.54) is 25.9 Å². The Labute approximate surface area is 124 Å². The fourth-order valence-electron chi connectivity index (χ4n) is 3.03. The first-order chi connectivity index (χ1) is 9.81. The maximum absolute atomic E-state index is 11.9. The van der Waals surface area contributed by atoms with Crippen molar-refractivity contribution in [2.45, 2.75) is 23.8 Å². The summed E-state index contributed by atoms with van der Waals surface area (Å²) in [7, 11) is 0. The van der Waals surface area contributed by atoms with Crippen molar-refractivity contribution < 1.29 is 4.79 Å². The van der Waals surface area contributed by atoms with Gasteiger partial charge in [0.15, 0.2) is 0 Å². The molecule has 0 radical (unpaired) electrons. The van der Waals surface area contributed by atoms with E-state index in [2.05, 4.69) is 10.2 Å². The third kappa shape index (κ3) is 3.44. The Morgan fingerprint density at radius 2 is 2.00 bits per heavy atom. The van der Waals surface area contributed by atoms with E-state index in [0.717, 1.165) is 11.4 Å². The van der Waals surface area contributed by atoms with Crippen molar-refractivity contribution in [1.29, 1.82) is 0 Å². The highest BCUT2D eigenvalue weighted by molar-refractivity contribution is 8.02. The Morgan fingerprint density at radius 3 is 2.65 bits per heavy atom. The molecule has 0 spiro atoms. The molecule has 4 rings (SSSR count). The van der Waals surface area contributed by atoms with Gasteiger partial charge in [0.1, 0.15) is 0 Å². The van der Waals surface area contributed by atoms with E-state index in [1.807, 2.05) is 35.7 Å². The first-order valence-electron chi connectivity index (χ1n) is 7.22. The quantitative estimate of drug-likeness (QED) is 0.682. The molecule has 2 bridgehead atoms. The molecular formula is C16H20N2OS. The third-order valence-corrected chi connectivity index (χ3v) is 4.97. The Bertz CT molecular complexity index is 481. The van der Waals surface area contributed by atoms with E-state index >= 15 is 0 Å². The van der Waals surface area contributed by atoms with Gasteiger partial charge in [-0.25, -0.2) is 0 Å². The van der Waals surface area contributed by atoms with Crippen LogP contribution in [0.1, 0.15) is 12.8 Å². The van der Waals surface area contributed by atoms with Gasteiger partial charge in [-0.3, -0.25) is 4.79 Å². The van der Waals surface area contributed by atoms with Gasteiger partial charge in [-0.2, -0.15) is 0 Å². The fraction of sp³-hybridized carbons (Fsp3) is 0.438. The van der Waals surface area contributed by atoms with Crippen LogP contribution >= 0.6 is 11.8 Å². The number of piperidine rings is 3. The molecule has 4 heteroatoms. The van der Waals surface area contributed by atoms with Crippen molar-refractivity contribution in [3.05, 3.63) is 41.8 Å². The van der Waals surface area contributed by atoms with Crippen LogP contribution in [-0.2, 0) is 4.79 Å². The van der Waals surface area contributed by atoms with E-state index in [4.69, 9.17) is 0 Å². The first-order valence-corrected chi connectivity index (χ1v) is 8.10. The molecule has 0 saturated carbocycles. The lowest BCUT2D eigenvalue weighted by Gasteiger charge is -2.44. The molecule has 1 amide bonds. The van der Waals surface area contributed by atoms with Crippen LogP contribution in [-0.4, -0.2) is 36.5 Å². The Morgan fingerprint density at radius 1 is 1.25 bits per heavy atom. The van der Waals surface area contributed by atoms with Crippen LogP contribution in [0, 0.1) is 5.92 Å². The molecule has 3 fully saturated rings. The second-order valence-electron chi connectivity index (χ2n) is 5.49. The number of carbonyl (C=O) groups excluding carboxylic acids is 1. The van der Waals surface area contributed by atoms with Gasteiger partial charge in [0, 0.05) is 23.6 Å². The second kappa shape index (κ2) is 6.46. The lowest BCUT2D eigenvalue weighted by atomic mass is 9.84. The monoisotopic (exact) mass is 288 g/mol. The number of nitrogens with one attached hydrogen (secondary N) is 1. The lowest BCUT2D eigenvalue weighted by molar-refractivity contribution is -0.118. The topological polar surface area (TPSA) is 32.3 Å². The van der Waals surface area contributed by atoms with Crippen LogP contribution in [0.15, 0.2) is 46.7 Å². The highest BCUT2D eigenvalue weighted by atomic mass is 32.2. The van der Waals surface area contributed by atoms with Gasteiger partial charge in [0.25, 0.3) is 0 Å². The molecule has 3 aliphatic heterocycles. The standard InChI is InChI=1S/C16H20N2OS/c19-16(8-11-20-14-4-2-1-3-5-14)17-15-12-18-9-6-13(15)7-10-18/h1-5,8,11,13,15H,6-7,9-10,12H2,(H,17,19)/b11-8-/t15-/m0/s1. The first kappa shape index (κ1) is 13.7. The summed E-state index contributed by atoms with van der Waals surface area (Å²) in [5.74, 6) is 0.714. The zero-order valence-corrected chi connectivity index (χ0v) is 12.3. The number of hydrogen-bond donors (Lipinski definition) is 1. The van der Waals surface area contributed by atoms with Crippen molar-refractivity contribution in [2.24, 2.45) is 5.92 Å². The van der Waals surface area contributed by atoms with E-state index < -0.39 is 0 Å². The van der Waals surface area contributed by atoms with E-state index in [9.17, 15) is 4.79 Å². The predicted octanol–water partition coefficient (Wildman–Crippen LogP) is 2.50. The molecule has 0 unspecified atom stereocenters. The number of thioether (sulfide) groups is 1. The van der Waals surface area contributed by atoms with Crippen molar-refractivity contribution in [1.82, 2.24) is 10.2 Å². The summed E-state index contributed by atoms with van der Waals surface area (Å²) in [4.78, 5) is 15.6. The summed E-state index contributed by atoms with van der Waals surface area (Å²) in [6.07, 6.45) is 4.11. The van der Waals surface area contributed by atoms with Crippen LogP contribution in [0.25, 0.3) is 0 Å². The molecule has 106 valence electrons. The maximum atomic E-state index is 11.9. The Kier molecular flexibility index (Phi) is 4.43. The van der Waals surface area contributed by atoms with Crippen LogP contribution < -0.4 is 5.32 Å². The van der Waals surface area contributed by atoms with E-state index in [1.54, 1.807) is 17.8 Å². The predicted molar refractivity (Wildman–Crippen MR) is 82.5 cm³/mol. The normalized spacial score (nSPS) is 28.7. The molecule has 1 N–H and O–H groups in total. The highest BCUT2D eigenvalue weighted by Crippen LogP contribution is 2.27. The molecule has 0 aliphatic carbocycles. The van der Waals surface area contributed by atoms with Gasteiger partial charge in [-0.15, -0.1) is 0 Å². The molecule has 3 nitrogen and oxygen atoms in total. The van der Waals surface area contributed by atoms with Crippen molar-refractivity contribution in [3.63, 3.8) is 0 Å². The molecule has 3 heterocycles. The molecular weight excluding hydrogens is 268 g/mol. The lowest BCUT2D eigenvalue weighted by Crippen LogP contribution is -2.57. The fourth-order valence-corrected chi connectivity index (χ4v) is 3.70. The van der Waals surface area contributed by atoms with Gasteiger partial charge in [0.05, 0.1) is 0 Å². The molecule has 1 aromatic carbocycles. The minimum Gasteiger partial charge on any atom is -0.348 e. The largest absolute Gasteiger partial charge is 0.348 e. The average molecular weight is 288 g/mol. The SMILES string of the molecule is O=C(/C=C\Sc1ccccc1)N[C@H]1CN2CCC1CC2. The van der Waals surface area contributed by atoms with E-state index in [0.29, 0.717) is 12.0 Å². The van der Waals surface area contributed by atoms with E-state index in [-0.39, 0.29) is 5.91 Å². The molecule has 1 atom stereocenters. The maximum Gasteiger partial charge on any atom is 0.244 e. The number of carbonyl (C=O) groups is 1. The molecule has 3 saturated heterocycles. The number of fused-ring (bicyclic) bond motifs is 3. The number of hydrogen-bond acceptors (Lipinski definition) is 3.